The van der Waals surface area contributed by atoms with Crippen molar-refractivity contribution in [3.63, 3.8) is 0 Å². The second-order valence-electron chi connectivity index (χ2n) is 5.17. The van der Waals surface area contributed by atoms with E-state index in [-0.39, 0.29) is 0 Å². The number of nitrogens with two attached hydrogens (primary N) is 1. The molecule has 0 aliphatic carbocycles. The molecule has 0 aromatic carbocycles. The molecule has 17 heavy (non-hydrogen) atoms. The summed E-state index contributed by atoms with van der Waals surface area (Å²) in [6.07, 6.45) is 7.48. The van der Waals surface area contributed by atoms with E-state index in [4.69, 9.17) is 5.73 Å². The SMILES string of the molecule is CC(N)C1CCCN(CCc2cccnc2)C1. The third-order valence-electron chi connectivity index (χ3n) is 3.73. The highest BCUT2D eigenvalue weighted by molar-refractivity contribution is 5.08. The average molecular weight is 233 g/mol. The van der Waals surface area contributed by atoms with Gasteiger partial charge in [0.1, 0.15) is 0 Å². The molecule has 1 aromatic heterocycles. The Labute approximate surface area is 104 Å². The normalized spacial score (nSPS) is 23.5. The lowest BCUT2D eigenvalue weighted by atomic mass is 9.92. The summed E-state index contributed by atoms with van der Waals surface area (Å²) in [4.78, 5) is 6.70. The van der Waals surface area contributed by atoms with Crippen molar-refractivity contribution in [2.45, 2.75) is 32.2 Å². The Bertz CT molecular complexity index is 323. The standard InChI is InChI=1S/C14H23N3/c1-12(15)14-5-3-8-17(11-14)9-6-13-4-2-7-16-10-13/h2,4,7,10,12,14H,3,5-6,8-9,11,15H2,1H3. The Morgan fingerprint density at radius 1 is 1.59 bits per heavy atom. The van der Waals surface area contributed by atoms with E-state index in [0.29, 0.717) is 12.0 Å². The van der Waals surface area contributed by atoms with Crippen LogP contribution in [0.1, 0.15) is 25.3 Å². The lowest BCUT2D eigenvalue weighted by Crippen LogP contribution is -2.43. The molecule has 1 saturated heterocycles. The van der Waals surface area contributed by atoms with Crippen LogP contribution in [0.5, 0.6) is 0 Å². The molecule has 2 rings (SSSR count). The van der Waals surface area contributed by atoms with Crippen LogP contribution >= 0.6 is 0 Å². The van der Waals surface area contributed by atoms with Crippen molar-refractivity contribution in [3.8, 4) is 0 Å². The molecule has 1 aliphatic rings. The second kappa shape index (κ2) is 6.12. The van der Waals surface area contributed by atoms with Gasteiger partial charge in [-0.25, -0.2) is 0 Å². The minimum atomic E-state index is 0.330. The molecule has 1 fully saturated rings. The van der Waals surface area contributed by atoms with Gasteiger partial charge in [-0.3, -0.25) is 4.98 Å². The van der Waals surface area contributed by atoms with Gasteiger partial charge in [0, 0.05) is 31.5 Å². The van der Waals surface area contributed by atoms with Gasteiger partial charge in [-0.05, 0) is 50.3 Å². The molecule has 0 radical (unpaired) electrons. The Kier molecular flexibility index (Phi) is 4.51. The van der Waals surface area contributed by atoms with Crippen molar-refractivity contribution < 1.29 is 0 Å². The van der Waals surface area contributed by atoms with Gasteiger partial charge in [0.15, 0.2) is 0 Å². The Morgan fingerprint density at radius 2 is 2.47 bits per heavy atom. The molecule has 3 nitrogen and oxygen atoms in total. The number of pyridine rings is 1. The van der Waals surface area contributed by atoms with E-state index in [2.05, 4.69) is 22.9 Å². The zero-order valence-electron chi connectivity index (χ0n) is 10.7. The molecular weight excluding hydrogens is 210 g/mol. The summed E-state index contributed by atoms with van der Waals surface area (Å²) in [5, 5.41) is 0. The fourth-order valence-electron chi connectivity index (χ4n) is 2.56. The molecule has 1 aromatic rings. The zero-order chi connectivity index (χ0) is 12.1. The van der Waals surface area contributed by atoms with E-state index < -0.39 is 0 Å². The van der Waals surface area contributed by atoms with Crippen molar-refractivity contribution in [2.75, 3.05) is 19.6 Å². The monoisotopic (exact) mass is 233 g/mol. The fourth-order valence-corrected chi connectivity index (χ4v) is 2.56. The van der Waals surface area contributed by atoms with Crippen LogP contribution in [-0.2, 0) is 6.42 Å². The third kappa shape index (κ3) is 3.79. The van der Waals surface area contributed by atoms with Gasteiger partial charge in [-0.15, -0.1) is 0 Å². The maximum absolute atomic E-state index is 6.00. The summed E-state index contributed by atoms with van der Waals surface area (Å²) in [6.45, 7) is 5.66. The van der Waals surface area contributed by atoms with Crippen molar-refractivity contribution in [2.24, 2.45) is 11.7 Å². The first kappa shape index (κ1) is 12.5. The van der Waals surface area contributed by atoms with E-state index in [9.17, 15) is 0 Å². The molecule has 94 valence electrons. The van der Waals surface area contributed by atoms with Crippen LogP contribution in [0, 0.1) is 5.92 Å². The second-order valence-corrected chi connectivity index (χ2v) is 5.17. The number of hydrogen-bond donors (Lipinski definition) is 1. The summed E-state index contributed by atoms with van der Waals surface area (Å²) in [5.41, 5.74) is 7.33. The maximum atomic E-state index is 6.00. The predicted octanol–water partition coefficient (Wildman–Crippen LogP) is 1.68. The number of rotatable bonds is 4. The van der Waals surface area contributed by atoms with Crippen LogP contribution in [0.2, 0.25) is 0 Å². The molecule has 2 atom stereocenters. The highest BCUT2D eigenvalue weighted by Gasteiger charge is 2.22. The first-order valence-corrected chi connectivity index (χ1v) is 6.62. The lowest BCUT2D eigenvalue weighted by Gasteiger charge is -2.34. The Balaban J connectivity index is 1.79. The van der Waals surface area contributed by atoms with Crippen molar-refractivity contribution in [3.05, 3.63) is 30.1 Å². The van der Waals surface area contributed by atoms with Crippen molar-refractivity contribution in [1.29, 1.82) is 0 Å². The summed E-state index contributed by atoms with van der Waals surface area (Å²) < 4.78 is 0. The minimum absolute atomic E-state index is 0.330. The minimum Gasteiger partial charge on any atom is -0.328 e. The van der Waals surface area contributed by atoms with E-state index in [1.807, 2.05) is 18.5 Å². The Morgan fingerprint density at radius 3 is 3.18 bits per heavy atom. The smallest absolute Gasteiger partial charge is 0.0300 e. The first-order chi connectivity index (χ1) is 8.25. The number of piperidine rings is 1. The fraction of sp³-hybridized carbons (Fsp3) is 0.643. The topological polar surface area (TPSA) is 42.1 Å². The number of aromatic nitrogens is 1. The van der Waals surface area contributed by atoms with E-state index >= 15 is 0 Å². The number of likely N-dealkylation sites (tertiary alicyclic amines) is 1. The van der Waals surface area contributed by atoms with Crippen LogP contribution in [0.25, 0.3) is 0 Å². The largest absolute Gasteiger partial charge is 0.328 e. The highest BCUT2D eigenvalue weighted by Crippen LogP contribution is 2.18. The molecule has 0 amide bonds. The van der Waals surface area contributed by atoms with Gasteiger partial charge < -0.3 is 10.6 Å². The Hall–Kier alpha value is -0.930. The number of hydrogen-bond acceptors (Lipinski definition) is 3. The van der Waals surface area contributed by atoms with Gasteiger partial charge in [0.2, 0.25) is 0 Å². The summed E-state index contributed by atoms with van der Waals surface area (Å²) >= 11 is 0. The van der Waals surface area contributed by atoms with Gasteiger partial charge in [-0.1, -0.05) is 6.07 Å². The first-order valence-electron chi connectivity index (χ1n) is 6.62. The third-order valence-corrected chi connectivity index (χ3v) is 3.73. The summed E-state index contributed by atoms with van der Waals surface area (Å²) in [7, 11) is 0. The van der Waals surface area contributed by atoms with Gasteiger partial charge >= 0.3 is 0 Å². The van der Waals surface area contributed by atoms with Crippen LogP contribution in [0.15, 0.2) is 24.5 Å². The van der Waals surface area contributed by atoms with Crippen molar-refractivity contribution >= 4 is 0 Å². The van der Waals surface area contributed by atoms with E-state index in [1.165, 1.54) is 24.9 Å². The number of nitrogens with zero attached hydrogens (tertiary/aromatic N) is 2. The molecule has 2 unspecified atom stereocenters. The quantitative estimate of drug-likeness (QED) is 0.860. The van der Waals surface area contributed by atoms with Crippen LogP contribution < -0.4 is 5.73 Å². The van der Waals surface area contributed by atoms with Crippen LogP contribution in [0.4, 0.5) is 0 Å². The summed E-state index contributed by atoms with van der Waals surface area (Å²) in [5.74, 6) is 0.678. The molecule has 0 saturated carbocycles. The predicted molar refractivity (Wildman–Crippen MR) is 70.8 cm³/mol. The molecule has 0 spiro atoms. The molecule has 2 N–H and O–H groups in total. The molecule has 3 heteroatoms. The highest BCUT2D eigenvalue weighted by atomic mass is 15.1. The zero-order valence-corrected chi connectivity index (χ0v) is 10.7. The van der Waals surface area contributed by atoms with E-state index in [0.717, 1.165) is 19.5 Å². The molecule has 0 bridgehead atoms. The van der Waals surface area contributed by atoms with E-state index in [1.54, 1.807) is 0 Å². The van der Waals surface area contributed by atoms with Crippen LogP contribution in [0.3, 0.4) is 0 Å². The van der Waals surface area contributed by atoms with Gasteiger partial charge in [0.25, 0.3) is 0 Å². The molecule has 1 aliphatic heterocycles. The van der Waals surface area contributed by atoms with Crippen molar-refractivity contribution in [1.82, 2.24) is 9.88 Å². The van der Waals surface area contributed by atoms with Gasteiger partial charge in [0.05, 0.1) is 0 Å². The van der Waals surface area contributed by atoms with Crippen LogP contribution in [-0.4, -0.2) is 35.6 Å². The maximum Gasteiger partial charge on any atom is 0.0300 e. The molecule has 2 heterocycles. The van der Waals surface area contributed by atoms with Gasteiger partial charge in [-0.2, -0.15) is 0 Å². The average Bonchev–Trinajstić information content (AvgIpc) is 2.38. The summed E-state index contributed by atoms with van der Waals surface area (Å²) in [6, 6.07) is 4.49. The lowest BCUT2D eigenvalue weighted by molar-refractivity contribution is 0.162. The molecular formula is C14H23N3.